The van der Waals surface area contributed by atoms with Gasteiger partial charge in [0.15, 0.2) is 5.11 Å². The van der Waals surface area contributed by atoms with Gasteiger partial charge < -0.3 is 15.2 Å². The van der Waals surface area contributed by atoms with Crippen LogP contribution in [0.25, 0.3) is 10.9 Å². The summed E-state index contributed by atoms with van der Waals surface area (Å²) >= 11 is 5.79. The average Bonchev–Trinajstić information content (AvgIpc) is 3.18. The number of aryl methyl sites for hydroxylation is 2. The molecule has 30 heavy (non-hydrogen) atoms. The number of hydrogen-bond acceptors (Lipinski definition) is 3. The Labute approximate surface area is 185 Å². The molecular formula is C24H36N4OS. The van der Waals surface area contributed by atoms with Gasteiger partial charge in [-0.25, -0.2) is 0 Å². The predicted molar refractivity (Wildman–Crippen MR) is 130 cm³/mol. The SMILES string of the molecule is CC[C@H](C)NC(=S)N(Cc1cc2ccc(C)c(C)c2[nH]c1=O)C[C@@H]1CCCN1CC. The monoisotopic (exact) mass is 428 g/mol. The predicted octanol–water partition coefficient (Wildman–Crippen LogP) is 4.10. The Balaban J connectivity index is 1.89. The summed E-state index contributed by atoms with van der Waals surface area (Å²) in [6.45, 7) is 14.2. The number of benzene rings is 1. The summed E-state index contributed by atoms with van der Waals surface area (Å²) < 4.78 is 0. The van der Waals surface area contributed by atoms with E-state index in [1.807, 2.05) is 6.07 Å². The molecule has 1 saturated heterocycles. The van der Waals surface area contributed by atoms with Crippen molar-refractivity contribution in [3.63, 3.8) is 0 Å². The molecular weight excluding hydrogens is 392 g/mol. The normalized spacial score (nSPS) is 18.0. The van der Waals surface area contributed by atoms with Crippen LogP contribution in [-0.2, 0) is 6.54 Å². The first-order chi connectivity index (χ1) is 14.3. The van der Waals surface area contributed by atoms with Crippen molar-refractivity contribution in [1.29, 1.82) is 0 Å². The molecule has 2 aromatic rings. The number of nitrogens with zero attached hydrogens (tertiary/aromatic N) is 2. The van der Waals surface area contributed by atoms with E-state index in [1.54, 1.807) is 0 Å². The number of hydrogen-bond donors (Lipinski definition) is 2. The van der Waals surface area contributed by atoms with Crippen molar-refractivity contribution in [2.45, 2.75) is 72.5 Å². The summed E-state index contributed by atoms with van der Waals surface area (Å²) in [6.07, 6.45) is 3.42. The highest BCUT2D eigenvalue weighted by atomic mass is 32.1. The van der Waals surface area contributed by atoms with E-state index in [0.29, 0.717) is 18.6 Å². The lowest BCUT2D eigenvalue weighted by Gasteiger charge is -2.33. The minimum atomic E-state index is -0.0219. The Morgan fingerprint density at radius 3 is 2.83 bits per heavy atom. The number of aromatic nitrogens is 1. The molecule has 0 saturated carbocycles. The summed E-state index contributed by atoms with van der Waals surface area (Å²) in [4.78, 5) is 20.8. The third-order valence-corrected chi connectivity index (χ3v) is 6.97. The fourth-order valence-corrected chi connectivity index (χ4v) is 4.63. The van der Waals surface area contributed by atoms with E-state index in [-0.39, 0.29) is 5.56 Å². The molecule has 0 radical (unpaired) electrons. The molecule has 2 atom stereocenters. The molecule has 1 aliphatic rings. The quantitative estimate of drug-likeness (QED) is 0.650. The Morgan fingerprint density at radius 2 is 2.13 bits per heavy atom. The maximum atomic E-state index is 12.9. The summed E-state index contributed by atoms with van der Waals surface area (Å²) in [5.41, 5.74) is 3.99. The molecule has 0 aliphatic carbocycles. The van der Waals surface area contributed by atoms with Crippen molar-refractivity contribution in [3.05, 3.63) is 45.2 Å². The largest absolute Gasteiger partial charge is 0.360 e. The number of nitrogens with one attached hydrogen (secondary N) is 2. The van der Waals surface area contributed by atoms with Crippen LogP contribution in [0.15, 0.2) is 23.0 Å². The number of likely N-dealkylation sites (tertiary alicyclic amines) is 1. The molecule has 1 aromatic heterocycles. The fraction of sp³-hybridized carbons (Fsp3) is 0.583. The van der Waals surface area contributed by atoms with Crippen LogP contribution in [0.4, 0.5) is 0 Å². The van der Waals surface area contributed by atoms with Crippen LogP contribution in [0.5, 0.6) is 0 Å². The van der Waals surface area contributed by atoms with Crippen LogP contribution in [0.2, 0.25) is 0 Å². The first-order valence-corrected chi connectivity index (χ1v) is 11.7. The van der Waals surface area contributed by atoms with Gasteiger partial charge in [-0.3, -0.25) is 9.69 Å². The van der Waals surface area contributed by atoms with Gasteiger partial charge in [0.05, 0.1) is 12.1 Å². The molecule has 5 nitrogen and oxygen atoms in total. The van der Waals surface area contributed by atoms with Crippen molar-refractivity contribution in [1.82, 2.24) is 20.1 Å². The standard InChI is InChI=1S/C24H36N4OS/c1-6-17(4)25-24(30)28(15-21-9-8-12-27(21)7-2)14-20-13-19-11-10-16(3)18(5)22(19)26-23(20)29/h10-11,13,17,21H,6-9,12,14-15H2,1-5H3,(H,25,30)(H,26,29)/t17-,21-/m0/s1. The number of rotatable bonds is 7. The second kappa shape index (κ2) is 9.92. The highest BCUT2D eigenvalue weighted by molar-refractivity contribution is 7.80. The van der Waals surface area contributed by atoms with Gasteiger partial charge in [-0.2, -0.15) is 0 Å². The van der Waals surface area contributed by atoms with Crippen LogP contribution in [0.1, 0.15) is 56.7 Å². The van der Waals surface area contributed by atoms with Gasteiger partial charge in [-0.15, -0.1) is 0 Å². The number of aromatic amines is 1. The zero-order valence-electron chi connectivity index (χ0n) is 19.0. The van der Waals surface area contributed by atoms with Gasteiger partial charge in [0.25, 0.3) is 5.56 Å². The van der Waals surface area contributed by atoms with Crippen LogP contribution in [0, 0.1) is 13.8 Å². The molecule has 0 amide bonds. The first-order valence-electron chi connectivity index (χ1n) is 11.3. The molecule has 0 spiro atoms. The molecule has 164 valence electrons. The summed E-state index contributed by atoms with van der Waals surface area (Å²) in [6, 6.07) is 7.03. The van der Waals surface area contributed by atoms with Crippen molar-refractivity contribution in [2.24, 2.45) is 0 Å². The Kier molecular flexibility index (Phi) is 7.53. The molecule has 0 unspecified atom stereocenters. The highest BCUT2D eigenvalue weighted by Crippen LogP contribution is 2.21. The average molecular weight is 429 g/mol. The van der Waals surface area contributed by atoms with E-state index < -0.39 is 0 Å². The molecule has 0 bridgehead atoms. The number of likely N-dealkylation sites (N-methyl/N-ethyl adjacent to an activating group) is 1. The second-order valence-corrected chi connectivity index (χ2v) is 9.05. The molecule has 1 aromatic carbocycles. The topological polar surface area (TPSA) is 51.4 Å². The summed E-state index contributed by atoms with van der Waals surface area (Å²) in [5, 5.41) is 5.27. The minimum Gasteiger partial charge on any atom is -0.360 e. The van der Waals surface area contributed by atoms with Crippen molar-refractivity contribution in [3.8, 4) is 0 Å². The fourth-order valence-electron chi connectivity index (χ4n) is 4.29. The molecule has 1 aliphatic heterocycles. The van der Waals surface area contributed by atoms with Gasteiger partial charge in [0.1, 0.15) is 0 Å². The molecule has 2 N–H and O–H groups in total. The molecule has 2 heterocycles. The van der Waals surface area contributed by atoms with Crippen LogP contribution >= 0.6 is 12.2 Å². The minimum absolute atomic E-state index is 0.0219. The first kappa shape index (κ1) is 22.8. The summed E-state index contributed by atoms with van der Waals surface area (Å²) in [7, 11) is 0. The Hall–Kier alpha value is -1.92. The highest BCUT2D eigenvalue weighted by Gasteiger charge is 2.27. The zero-order valence-corrected chi connectivity index (χ0v) is 19.9. The third kappa shape index (κ3) is 5.03. The molecule has 1 fully saturated rings. The van der Waals surface area contributed by atoms with E-state index >= 15 is 0 Å². The van der Waals surface area contributed by atoms with Crippen LogP contribution in [-0.4, -0.2) is 51.6 Å². The van der Waals surface area contributed by atoms with E-state index in [2.05, 4.69) is 66.9 Å². The summed E-state index contributed by atoms with van der Waals surface area (Å²) in [5.74, 6) is 0. The number of pyridine rings is 1. The lowest BCUT2D eigenvalue weighted by Crippen LogP contribution is -2.48. The molecule has 6 heteroatoms. The van der Waals surface area contributed by atoms with Crippen LogP contribution in [0.3, 0.4) is 0 Å². The van der Waals surface area contributed by atoms with Gasteiger partial charge >= 0.3 is 0 Å². The lowest BCUT2D eigenvalue weighted by atomic mass is 10.0. The van der Waals surface area contributed by atoms with Crippen molar-refractivity contribution < 1.29 is 0 Å². The maximum absolute atomic E-state index is 12.9. The number of fused-ring (bicyclic) bond motifs is 1. The van der Waals surface area contributed by atoms with Crippen LogP contribution < -0.4 is 10.9 Å². The number of thiocarbonyl (C=S) groups is 1. The Bertz CT molecular complexity index is 954. The van der Waals surface area contributed by atoms with E-state index in [0.717, 1.165) is 53.2 Å². The molecule has 3 rings (SSSR count). The third-order valence-electron chi connectivity index (χ3n) is 6.60. The zero-order chi connectivity index (χ0) is 21.8. The van der Waals surface area contributed by atoms with Gasteiger partial charge in [-0.05, 0) is 87.9 Å². The van der Waals surface area contributed by atoms with Crippen molar-refractivity contribution in [2.75, 3.05) is 19.6 Å². The van der Waals surface area contributed by atoms with E-state index in [9.17, 15) is 4.79 Å². The maximum Gasteiger partial charge on any atom is 0.253 e. The van der Waals surface area contributed by atoms with Gasteiger partial charge in [0, 0.05) is 24.2 Å². The lowest BCUT2D eigenvalue weighted by molar-refractivity contribution is 0.218. The Morgan fingerprint density at radius 1 is 1.37 bits per heavy atom. The number of H-pyrrole nitrogens is 1. The van der Waals surface area contributed by atoms with Crippen molar-refractivity contribution >= 4 is 28.2 Å². The van der Waals surface area contributed by atoms with Gasteiger partial charge in [0.2, 0.25) is 0 Å². The van der Waals surface area contributed by atoms with Gasteiger partial charge in [-0.1, -0.05) is 26.0 Å². The van der Waals surface area contributed by atoms with E-state index in [4.69, 9.17) is 12.2 Å². The second-order valence-electron chi connectivity index (χ2n) is 8.66. The smallest absolute Gasteiger partial charge is 0.253 e. The van der Waals surface area contributed by atoms with E-state index in [1.165, 1.54) is 18.4 Å².